The van der Waals surface area contributed by atoms with Crippen LogP contribution in [0.25, 0.3) is 16.8 Å². The maximum atomic E-state index is 4.48. The van der Waals surface area contributed by atoms with Gasteiger partial charge in [-0.2, -0.15) is 10.1 Å². The zero-order chi connectivity index (χ0) is 15.3. The van der Waals surface area contributed by atoms with Crippen LogP contribution in [-0.4, -0.2) is 39.3 Å². The van der Waals surface area contributed by atoms with Gasteiger partial charge in [-0.3, -0.25) is 4.68 Å². The molecule has 0 aliphatic rings. The molecule has 4 aromatic heterocycles. The van der Waals surface area contributed by atoms with Crippen molar-refractivity contribution in [3.63, 3.8) is 0 Å². The molecule has 0 aromatic carbocycles. The molecule has 0 amide bonds. The van der Waals surface area contributed by atoms with Gasteiger partial charge in [0.25, 0.3) is 5.78 Å². The molecule has 0 unspecified atom stereocenters. The molecule has 0 fully saturated rings. The first-order valence-electron chi connectivity index (χ1n) is 6.63. The molecule has 0 N–H and O–H groups in total. The van der Waals surface area contributed by atoms with Crippen molar-refractivity contribution in [2.45, 2.75) is 24.0 Å². The minimum absolute atomic E-state index is 0.594. The van der Waals surface area contributed by atoms with Gasteiger partial charge in [0.15, 0.2) is 5.65 Å². The van der Waals surface area contributed by atoms with Crippen LogP contribution in [0.5, 0.6) is 0 Å². The van der Waals surface area contributed by atoms with Gasteiger partial charge in [-0.15, -0.1) is 5.10 Å². The molecule has 4 heterocycles. The van der Waals surface area contributed by atoms with Gasteiger partial charge in [-0.1, -0.05) is 0 Å². The molecule has 0 bridgehead atoms. The van der Waals surface area contributed by atoms with Gasteiger partial charge < -0.3 is 0 Å². The van der Waals surface area contributed by atoms with Crippen molar-refractivity contribution >= 4 is 28.6 Å². The maximum absolute atomic E-state index is 4.48. The lowest BCUT2D eigenvalue weighted by Crippen LogP contribution is -1.97. The van der Waals surface area contributed by atoms with E-state index in [9.17, 15) is 0 Å². The molecule has 0 atom stereocenters. The third-order valence-corrected chi connectivity index (χ3v) is 4.15. The molecule has 4 aromatic rings. The van der Waals surface area contributed by atoms with Gasteiger partial charge in [-0.05, 0) is 31.7 Å². The molecule has 0 aliphatic carbocycles. The van der Waals surface area contributed by atoms with Crippen molar-refractivity contribution in [1.82, 2.24) is 39.3 Å². The van der Waals surface area contributed by atoms with Crippen LogP contribution in [0.3, 0.4) is 0 Å². The highest BCUT2D eigenvalue weighted by atomic mass is 32.2. The number of aromatic nitrogens is 8. The van der Waals surface area contributed by atoms with Crippen LogP contribution in [0.2, 0.25) is 0 Å². The van der Waals surface area contributed by atoms with E-state index in [-0.39, 0.29) is 0 Å². The molecule has 8 nitrogen and oxygen atoms in total. The zero-order valence-corrected chi connectivity index (χ0v) is 13.0. The molecule has 4 rings (SSSR count). The van der Waals surface area contributed by atoms with Crippen LogP contribution in [0.1, 0.15) is 11.4 Å². The Morgan fingerprint density at radius 1 is 1.14 bits per heavy atom. The second kappa shape index (κ2) is 4.73. The van der Waals surface area contributed by atoms with Crippen molar-refractivity contribution in [3.05, 3.63) is 30.0 Å². The van der Waals surface area contributed by atoms with Crippen LogP contribution in [0.15, 0.2) is 28.8 Å². The monoisotopic (exact) mass is 312 g/mol. The summed E-state index contributed by atoms with van der Waals surface area (Å²) in [4.78, 5) is 17.4. The molecule has 110 valence electrons. The van der Waals surface area contributed by atoms with E-state index in [1.807, 2.05) is 27.0 Å². The number of hydrogen-bond acceptors (Lipinski definition) is 7. The van der Waals surface area contributed by atoms with Crippen molar-refractivity contribution in [2.24, 2.45) is 7.05 Å². The number of aryl methyl sites for hydroxylation is 3. The van der Waals surface area contributed by atoms with Gasteiger partial charge in [0, 0.05) is 18.4 Å². The summed E-state index contributed by atoms with van der Waals surface area (Å²) >= 11 is 1.38. The van der Waals surface area contributed by atoms with E-state index in [4.69, 9.17) is 0 Å². The standard InChI is InChI=1S/C13H12N8S/c1-7-4-8(2)21-12(17-7)18-13(19-21)22-11-9-5-16-20(3)10(9)14-6-15-11/h4-6H,1-3H3. The first kappa shape index (κ1) is 13.1. The highest BCUT2D eigenvalue weighted by Gasteiger charge is 2.13. The van der Waals surface area contributed by atoms with Crippen LogP contribution >= 0.6 is 11.8 Å². The summed E-state index contributed by atoms with van der Waals surface area (Å²) in [6, 6.07) is 1.97. The van der Waals surface area contributed by atoms with E-state index >= 15 is 0 Å². The minimum atomic E-state index is 0.594. The second-order valence-corrected chi connectivity index (χ2v) is 5.89. The second-order valence-electron chi connectivity index (χ2n) is 4.93. The Balaban J connectivity index is 1.81. The first-order chi connectivity index (χ1) is 10.6. The van der Waals surface area contributed by atoms with Crippen molar-refractivity contribution in [1.29, 1.82) is 0 Å². The Labute approximate surface area is 129 Å². The molecule has 9 heteroatoms. The highest BCUT2D eigenvalue weighted by molar-refractivity contribution is 7.99. The molecule has 22 heavy (non-hydrogen) atoms. The molecule has 0 spiro atoms. The predicted octanol–water partition coefficient (Wildman–Crippen LogP) is 1.57. The summed E-state index contributed by atoms with van der Waals surface area (Å²) in [7, 11) is 1.85. The molecular formula is C13H12N8S. The molecule has 0 saturated heterocycles. The average molecular weight is 312 g/mol. The summed E-state index contributed by atoms with van der Waals surface area (Å²) in [5, 5.41) is 11.0. The van der Waals surface area contributed by atoms with Gasteiger partial charge in [0.1, 0.15) is 11.4 Å². The summed E-state index contributed by atoms with van der Waals surface area (Å²) in [6.07, 6.45) is 3.27. The van der Waals surface area contributed by atoms with Crippen molar-refractivity contribution < 1.29 is 0 Å². The summed E-state index contributed by atoms with van der Waals surface area (Å²) < 4.78 is 3.45. The van der Waals surface area contributed by atoms with E-state index in [0.717, 1.165) is 27.4 Å². The number of nitrogens with zero attached hydrogens (tertiary/aromatic N) is 8. The normalized spacial score (nSPS) is 11.6. The Morgan fingerprint density at radius 2 is 2.00 bits per heavy atom. The zero-order valence-electron chi connectivity index (χ0n) is 12.2. The SMILES string of the molecule is Cc1cc(C)n2nc(Sc3ncnc4c3cnn4C)nc2n1. The summed E-state index contributed by atoms with van der Waals surface area (Å²) in [6.45, 7) is 3.92. The van der Waals surface area contributed by atoms with Gasteiger partial charge >= 0.3 is 0 Å². The lowest BCUT2D eigenvalue weighted by molar-refractivity contribution is 0.784. The molecule has 0 aliphatic heterocycles. The fourth-order valence-corrected chi connectivity index (χ4v) is 3.08. The quantitative estimate of drug-likeness (QED) is 0.519. The van der Waals surface area contributed by atoms with E-state index in [1.165, 1.54) is 18.1 Å². The Hall–Kier alpha value is -2.55. The minimum Gasteiger partial charge on any atom is -0.250 e. The average Bonchev–Trinajstić information content (AvgIpc) is 3.04. The van der Waals surface area contributed by atoms with E-state index in [0.29, 0.717) is 10.9 Å². The van der Waals surface area contributed by atoms with Gasteiger partial charge in [0.05, 0.1) is 11.6 Å². The first-order valence-corrected chi connectivity index (χ1v) is 7.45. The molecule has 0 radical (unpaired) electrons. The van der Waals surface area contributed by atoms with Crippen molar-refractivity contribution in [3.8, 4) is 0 Å². The summed E-state index contributed by atoms with van der Waals surface area (Å²) in [5.74, 6) is 0.594. The number of fused-ring (bicyclic) bond motifs is 2. The predicted molar refractivity (Wildman–Crippen MR) is 80.7 cm³/mol. The fraction of sp³-hybridized carbons (Fsp3) is 0.231. The van der Waals surface area contributed by atoms with E-state index < -0.39 is 0 Å². The maximum Gasteiger partial charge on any atom is 0.253 e. The lowest BCUT2D eigenvalue weighted by atomic mass is 10.4. The fourth-order valence-electron chi connectivity index (χ4n) is 2.30. The third kappa shape index (κ3) is 2.01. The van der Waals surface area contributed by atoms with Crippen molar-refractivity contribution in [2.75, 3.05) is 0 Å². The number of hydrogen-bond donors (Lipinski definition) is 0. The number of rotatable bonds is 2. The van der Waals surface area contributed by atoms with Crippen LogP contribution in [-0.2, 0) is 7.05 Å². The Bertz CT molecular complexity index is 1000. The largest absolute Gasteiger partial charge is 0.253 e. The van der Waals surface area contributed by atoms with E-state index in [2.05, 4.69) is 30.1 Å². The third-order valence-electron chi connectivity index (χ3n) is 3.28. The lowest BCUT2D eigenvalue weighted by Gasteiger charge is -1.98. The molecule has 0 saturated carbocycles. The summed E-state index contributed by atoms with van der Waals surface area (Å²) in [5.41, 5.74) is 2.70. The van der Waals surface area contributed by atoms with Gasteiger partial charge in [-0.25, -0.2) is 19.5 Å². The van der Waals surface area contributed by atoms with Crippen LogP contribution in [0, 0.1) is 13.8 Å². The smallest absolute Gasteiger partial charge is 0.250 e. The topological polar surface area (TPSA) is 86.7 Å². The molecular weight excluding hydrogens is 300 g/mol. The van der Waals surface area contributed by atoms with E-state index in [1.54, 1.807) is 15.4 Å². The van der Waals surface area contributed by atoms with Crippen LogP contribution < -0.4 is 0 Å². The van der Waals surface area contributed by atoms with Crippen LogP contribution in [0.4, 0.5) is 0 Å². The van der Waals surface area contributed by atoms with Gasteiger partial charge in [0.2, 0.25) is 5.16 Å². The Morgan fingerprint density at radius 3 is 2.86 bits per heavy atom. The highest BCUT2D eigenvalue weighted by Crippen LogP contribution is 2.28. The Kier molecular flexibility index (Phi) is 2.83.